The lowest BCUT2D eigenvalue weighted by Crippen LogP contribution is -2.50. The first kappa shape index (κ1) is 21.0. The molecule has 2 aromatic heterocycles. The van der Waals surface area contributed by atoms with Crippen LogP contribution in [-0.2, 0) is 24.4 Å². The molecule has 2 fully saturated rings. The summed E-state index contributed by atoms with van der Waals surface area (Å²) < 4.78 is 1.99. The van der Waals surface area contributed by atoms with Crippen molar-refractivity contribution in [3.8, 4) is 0 Å². The van der Waals surface area contributed by atoms with Crippen LogP contribution in [0, 0.1) is 5.92 Å². The SMILES string of the molecule is CCn1cc(CN2CCC(N3CCCC(C(=O)NCc4ccccn4)C3)CC2)cn1. The molecule has 1 unspecified atom stereocenters. The van der Waals surface area contributed by atoms with Gasteiger partial charge in [0.1, 0.15) is 0 Å². The maximum absolute atomic E-state index is 12.7. The predicted molar refractivity (Wildman–Crippen MR) is 117 cm³/mol. The topological polar surface area (TPSA) is 66.3 Å². The van der Waals surface area contributed by atoms with Crippen molar-refractivity contribution in [2.75, 3.05) is 26.2 Å². The van der Waals surface area contributed by atoms with Crippen LogP contribution in [0.3, 0.4) is 0 Å². The maximum atomic E-state index is 12.7. The van der Waals surface area contributed by atoms with E-state index in [1.807, 2.05) is 29.1 Å². The maximum Gasteiger partial charge on any atom is 0.224 e. The smallest absolute Gasteiger partial charge is 0.224 e. The van der Waals surface area contributed by atoms with E-state index in [4.69, 9.17) is 0 Å². The van der Waals surface area contributed by atoms with Crippen LogP contribution in [0.5, 0.6) is 0 Å². The van der Waals surface area contributed by atoms with Crippen LogP contribution in [0.1, 0.15) is 43.9 Å². The summed E-state index contributed by atoms with van der Waals surface area (Å²) in [4.78, 5) is 22.1. The molecule has 1 atom stereocenters. The first-order valence-corrected chi connectivity index (χ1v) is 11.4. The Balaban J connectivity index is 1.22. The molecular weight excluding hydrogens is 376 g/mol. The average molecular weight is 411 g/mol. The van der Waals surface area contributed by atoms with E-state index in [0.29, 0.717) is 12.6 Å². The Morgan fingerprint density at radius 2 is 2.07 bits per heavy atom. The second kappa shape index (κ2) is 10.2. The average Bonchev–Trinajstić information content (AvgIpc) is 3.26. The molecule has 4 rings (SSSR count). The molecule has 0 bridgehead atoms. The van der Waals surface area contributed by atoms with Crippen LogP contribution in [0.25, 0.3) is 0 Å². The molecule has 1 amide bonds. The summed E-state index contributed by atoms with van der Waals surface area (Å²) in [6, 6.07) is 6.41. The summed E-state index contributed by atoms with van der Waals surface area (Å²) in [5, 5.41) is 7.48. The zero-order valence-electron chi connectivity index (χ0n) is 18.0. The lowest BCUT2D eigenvalue weighted by molar-refractivity contribution is -0.127. The van der Waals surface area contributed by atoms with Gasteiger partial charge in [0.15, 0.2) is 0 Å². The highest BCUT2D eigenvalue weighted by Gasteiger charge is 2.31. The Labute approximate surface area is 179 Å². The number of nitrogens with one attached hydrogen (secondary N) is 1. The van der Waals surface area contributed by atoms with Crippen molar-refractivity contribution in [1.29, 1.82) is 0 Å². The Bertz CT molecular complexity index is 799. The molecular formula is C23H34N6O. The fourth-order valence-corrected chi connectivity index (χ4v) is 4.74. The van der Waals surface area contributed by atoms with Crippen molar-refractivity contribution in [3.63, 3.8) is 0 Å². The number of aromatic nitrogens is 3. The van der Waals surface area contributed by atoms with Crippen LogP contribution in [0.15, 0.2) is 36.8 Å². The van der Waals surface area contributed by atoms with Crippen molar-refractivity contribution >= 4 is 5.91 Å². The monoisotopic (exact) mass is 410 g/mol. The van der Waals surface area contributed by atoms with Crippen molar-refractivity contribution < 1.29 is 4.79 Å². The molecule has 0 spiro atoms. The number of amides is 1. The van der Waals surface area contributed by atoms with Crippen molar-refractivity contribution in [2.24, 2.45) is 5.92 Å². The second-order valence-corrected chi connectivity index (χ2v) is 8.58. The van der Waals surface area contributed by atoms with Gasteiger partial charge in [0.05, 0.1) is 24.4 Å². The Morgan fingerprint density at radius 3 is 2.80 bits per heavy atom. The van der Waals surface area contributed by atoms with Crippen LogP contribution in [-0.4, -0.2) is 62.7 Å². The van der Waals surface area contributed by atoms with E-state index in [9.17, 15) is 4.79 Å². The summed E-state index contributed by atoms with van der Waals surface area (Å²) in [6.45, 7) is 8.80. The fraction of sp³-hybridized carbons (Fsp3) is 0.609. The molecule has 0 radical (unpaired) electrons. The predicted octanol–water partition coefficient (Wildman–Crippen LogP) is 2.29. The van der Waals surface area contributed by atoms with Gasteiger partial charge in [-0.3, -0.25) is 24.3 Å². The van der Waals surface area contributed by atoms with Crippen LogP contribution in [0.4, 0.5) is 0 Å². The summed E-state index contributed by atoms with van der Waals surface area (Å²) in [6.07, 6.45) is 10.4. The van der Waals surface area contributed by atoms with Gasteiger partial charge in [-0.15, -0.1) is 0 Å². The standard InChI is InChI=1S/C23H34N6O/c1-2-29-17-19(14-26-29)16-27-12-8-22(9-13-27)28-11-5-6-20(18-28)23(30)25-15-21-7-3-4-10-24-21/h3-4,7,10,14,17,20,22H,2,5-6,8-9,11-13,15-16,18H2,1H3,(H,25,30). The molecule has 0 aromatic carbocycles. The molecule has 162 valence electrons. The van der Waals surface area contributed by atoms with Crippen LogP contribution in [0.2, 0.25) is 0 Å². The number of nitrogens with zero attached hydrogens (tertiary/aromatic N) is 5. The zero-order chi connectivity index (χ0) is 20.8. The lowest BCUT2D eigenvalue weighted by Gasteiger charge is -2.42. The minimum absolute atomic E-state index is 0.0976. The van der Waals surface area contributed by atoms with Gasteiger partial charge in [-0.1, -0.05) is 6.07 Å². The molecule has 0 saturated carbocycles. The molecule has 2 aromatic rings. The normalized spacial score (nSPS) is 21.6. The number of likely N-dealkylation sites (tertiary alicyclic amines) is 2. The molecule has 1 N–H and O–H groups in total. The highest BCUT2D eigenvalue weighted by molar-refractivity contribution is 5.78. The molecule has 0 aliphatic carbocycles. The number of rotatable bonds is 7. The number of aryl methyl sites for hydroxylation is 1. The van der Waals surface area contributed by atoms with E-state index < -0.39 is 0 Å². The first-order chi connectivity index (χ1) is 14.7. The van der Waals surface area contributed by atoms with Gasteiger partial charge >= 0.3 is 0 Å². The van der Waals surface area contributed by atoms with Gasteiger partial charge in [0.25, 0.3) is 0 Å². The van der Waals surface area contributed by atoms with Crippen molar-refractivity contribution in [2.45, 2.75) is 58.3 Å². The lowest BCUT2D eigenvalue weighted by atomic mass is 9.93. The van der Waals surface area contributed by atoms with Crippen LogP contribution >= 0.6 is 0 Å². The van der Waals surface area contributed by atoms with Gasteiger partial charge in [-0.25, -0.2) is 0 Å². The van der Waals surface area contributed by atoms with Crippen molar-refractivity contribution in [3.05, 3.63) is 48.0 Å². The number of hydrogen-bond acceptors (Lipinski definition) is 5. The van der Waals surface area contributed by atoms with E-state index in [1.165, 1.54) is 18.4 Å². The molecule has 7 nitrogen and oxygen atoms in total. The molecule has 30 heavy (non-hydrogen) atoms. The number of piperidine rings is 2. The molecule has 2 aliphatic rings. The highest BCUT2D eigenvalue weighted by Crippen LogP contribution is 2.24. The van der Waals surface area contributed by atoms with Gasteiger partial charge in [-0.2, -0.15) is 5.10 Å². The first-order valence-electron chi connectivity index (χ1n) is 11.4. The molecule has 2 saturated heterocycles. The minimum Gasteiger partial charge on any atom is -0.350 e. The third kappa shape index (κ3) is 5.46. The number of carbonyl (C=O) groups is 1. The van der Waals surface area contributed by atoms with E-state index in [0.717, 1.165) is 57.8 Å². The number of carbonyl (C=O) groups excluding carboxylic acids is 1. The van der Waals surface area contributed by atoms with E-state index in [-0.39, 0.29) is 11.8 Å². The highest BCUT2D eigenvalue weighted by atomic mass is 16.1. The quantitative estimate of drug-likeness (QED) is 0.759. The molecule has 7 heteroatoms. The largest absolute Gasteiger partial charge is 0.350 e. The van der Waals surface area contributed by atoms with E-state index >= 15 is 0 Å². The summed E-state index contributed by atoms with van der Waals surface area (Å²) in [7, 11) is 0. The Morgan fingerprint density at radius 1 is 1.20 bits per heavy atom. The second-order valence-electron chi connectivity index (χ2n) is 8.58. The van der Waals surface area contributed by atoms with Gasteiger partial charge in [0.2, 0.25) is 5.91 Å². The van der Waals surface area contributed by atoms with E-state index in [2.05, 4.69) is 38.3 Å². The summed E-state index contributed by atoms with van der Waals surface area (Å²) in [5.41, 5.74) is 2.22. The molecule has 2 aliphatic heterocycles. The van der Waals surface area contributed by atoms with Gasteiger partial charge < -0.3 is 5.32 Å². The third-order valence-electron chi connectivity index (χ3n) is 6.48. The Hall–Kier alpha value is -2.25. The minimum atomic E-state index is 0.0976. The third-order valence-corrected chi connectivity index (χ3v) is 6.48. The zero-order valence-corrected chi connectivity index (χ0v) is 18.0. The molecule has 4 heterocycles. The van der Waals surface area contributed by atoms with E-state index in [1.54, 1.807) is 6.20 Å². The van der Waals surface area contributed by atoms with Crippen molar-refractivity contribution in [1.82, 2.24) is 29.9 Å². The fourth-order valence-electron chi connectivity index (χ4n) is 4.74. The van der Waals surface area contributed by atoms with Gasteiger partial charge in [0, 0.05) is 43.6 Å². The van der Waals surface area contributed by atoms with Gasteiger partial charge in [-0.05, 0) is 64.4 Å². The van der Waals surface area contributed by atoms with Crippen LogP contribution < -0.4 is 5.32 Å². The number of hydrogen-bond donors (Lipinski definition) is 1. The summed E-state index contributed by atoms with van der Waals surface area (Å²) >= 11 is 0. The number of pyridine rings is 1. The Kier molecular flexibility index (Phi) is 7.12. The summed E-state index contributed by atoms with van der Waals surface area (Å²) in [5.74, 6) is 0.274.